The number of likely N-dealkylation sites (tertiary alicyclic amines) is 1. The van der Waals surface area contributed by atoms with Crippen molar-refractivity contribution < 1.29 is 9.53 Å². The molecule has 0 aromatic carbocycles. The Kier molecular flexibility index (Phi) is 3.74. The van der Waals surface area contributed by atoms with Gasteiger partial charge in [-0.15, -0.1) is 0 Å². The molecule has 1 fully saturated rings. The van der Waals surface area contributed by atoms with Crippen LogP contribution in [-0.2, 0) is 4.74 Å². The Hall–Kier alpha value is -2.15. The lowest BCUT2D eigenvalue weighted by molar-refractivity contribution is 0.0678. The standard InChI is InChI=1S/C15H21N5O2/c1-8-5-9(2)16-13(8)15(21)20-7-11(22-4)6-12(20)14-17-10(3)18-19-14/h5,11-12,16H,6-7H2,1-4H3,(H,17,18,19)/t11-,12+/m1/s1. The molecule has 0 bridgehead atoms. The Morgan fingerprint density at radius 3 is 2.73 bits per heavy atom. The fourth-order valence-electron chi connectivity index (χ4n) is 3.04. The smallest absolute Gasteiger partial charge is 0.271 e. The quantitative estimate of drug-likeness (QED) is 0.903. The van der Waals surface area contributed by atoms with E-state index < -0.39 is 0 Å². The van der Waals surface area contributed by atoms with Gasteiger partial charge in [-0.1, -0.05) is 0 Å². The third kappa shape index (κ3) is 2.52. The number of aryl methyl sites for hydroxylation is 3. The van der Waals surface area contributed by atoms with Gasteiger partial charge in [0.25, 0.3) is 5.91 Å². The second-order valence-electron chi connectivity index (χ2n) is 5.86. The maximum absolute atomic E-state index is 12.9. The molecule has 0 aliphatic carbocycles. The normalized spacial score (nSPS) is 21.5. The third-order valence-electron chi connectivity index (χ3n) is 4.13. The Balaban J connectivity index is 1.92. The molecule has 3 heterocycles. The summed E-state index contributed by atoms with van der Waals surface area (Å²) in [6.45, 7) is 6.28. The first-order valence-electron chi connectivity index (χ1n) is 7.38. The molecule has 1 aliphatic heterocycles. The second kappa shape index (κ2) is 5.57. The number of aromatic nitrogens is 4. The minimum Gasteiger partial charge on any atom is -0.380 e. The van der Waals surface area contributed by atoms with E-state index in [4.69, 9.17) is 4.74 Å². The van der Waals surface area contributed by atoms with Crippen molar-refractivity contribution in [3.8, 4) is 0 Å². The van der Waals surface area contributed by atoms with Crippen LogP contribution in [0.4, 0.5) is 0 Å². The average molecular weight is 303 g/mol. The Labute approximate surface area is 129 Å². The highest BCUT2D eigenvalue weighted by Gasteiger charge is 2.39. The van der Waals surface area contributed by atoms with Crippen LogP contribution in [0, 0.1) is 20.8 Å². The highest BCUT2D eigenvalue weighted by Crippen LogP contribution is 2.33. The minimum absolute atomic E-state index is 0.00382. The molecule has 3 rings (SSSR count). The summed E-state index contributed by atoms with van der Waals surface area (Å²) in [4.78, 5) is 22.2. The molecular formula is C15H21N5O2. The predicted octanol–water partition coefficient (Wildman–Crippen LogP) is 1.66. The van der Waals surface area contributed by atoms with Crippen molar-refractivity contribution in [2.45, 2.75) is 39.3 Å². The van der Waals surface area contributed by atoms with E-state index in [1.165, 1.54) is 0 Å². The summed E-state index contributed by atoms with van der Waals surface area (Å²) in [7, 11) is 1.67. The van der Waals surface area contributed by atoms with Crippen LogP contribution in [-0.4, -0.2) is 50.7 Å². The SMILES string of the molecule is CO[C@@H]1C[C@@H](c2n[nH]c(C)n2)N(C(=O)c2[nH]c(C)cc2C)C1. The molecule has 0 unspecified atom stereocenters. The second-order valence-corrected chi connectivity index (χ2v) is 5.86. The van der Waals surface area contributed by atoms with Crippen molar-refractivity contribution in [2.75, 3.05) is 13.7 Å². The summed E-state index contributed by atoms with van der Waals surface area (Å²) in [5, 5.41) is 7.07. The number of hydrogen-bond donors (Lipinski definition) is 2. The number of ether oxygens (including phenoxy) is 1. The fraction of sp³-hybridized carbons (Fsp3) is 0.533. The molecule has 2 N–H and O–H groups in total. The van der Waals surface area contributed by atoms with Crippen molar-refractivity contribution in [3.05, 3.63) is 34.7 Å². The maximum atomic E-state index is 12.9. The van der Waals surface area contributed by atoms with E-state index in [-0.39, 0.29) is 18.1 Å². The van der Waals surface area contributed by atoms with Gasteiger partial charge in [-0.2, -0.15) is 5.10 Å². The topological polar surface area (TPSA) is 86.9 Å². The largest absolute Gasteiger partial charge is 0.380 e. The van der Waals surface area contributed by atoms with Crippen molar-refractivity contribution in [1.29, 1.82) is 0 Å². The lowest BCUT2D eigenvalue weighted by atomic mass is 10.1. The number of amides is 1. The molecule has 0 spiro atoms. The molecule has 1 saturated heterocycles. The van der Waals surface area contributed by atoms with Crippen LogP contribution >= 0.6 is 0 Å². The molecule has 7 heteroatoms. The van der Waals surface area contributed by atoms with Gasteiger partial charge in [0.15, 0.2) is 5.82 Å². The van der Waals surface area contributed by atoms with Crippen molar-refractivity contribution >= 4 is 5.91 Å². The van der Waals surface area contributed by atoms with Gasteiger partial charge >= 0.3 is 0 Å². The number of carbonyl (C=O) groups is 1. The maximum Gasteiger partial charge on any atom is 0.271 e. The van der Waals surface area contributed by atoms with Crippen molar-refractivity contribution in [3.63, 3.8) is 0 Å². The van der Waals surface area contributed by atoms with Crippen LogP contribution in [0.5, 0.6) is 0 Å². The monoisotopic (exact) mass is 303 g/mol. The van der Waals surface area contributed by atoms with Gasteiger partial charge in [0.1, 0.15) is 11.5 Å². The Morgan fingerprint density at radius 1 is 1.41 bits per heavy atom. The van der Waals surface area contributed by atoms with Gasteiger partial charge in [-0.3, -0.25) is 9.89 Å². The highest BCUT2D eigenvalue weighted by atomic mass is 16.5. The number of hydrogen-bond acceptors (Lipinski definition) is 4. The first-order valence-corrected chi connectivity index (χ1v) is 7.38. The number of aromatic amines is 2. The van der Waals surface area contributed by atoms with Crippen LogP contribution < -0.4 is 0 Å². The van der Waals surface area contributed by atoms with Crippen LogP contribution in [0.15, 0.2) is 6.07 Å². The zero-order valence-electron chi connectivity index (χ0n) is 13.3. The van der Waals surface area contributed by atoms with E-state index >= 15 is 0 Å². The summed E-state index contributed by atoms with van der Waals surface area (Å²) in [5.41, 5.74) is 2.56. The van der Waals surface area contributed by atoms with Crippen molar-refractivity contribution in [1.82, 2.24) is 25.1 Å². The van der Waals surface area contributed by atoms with Gasteiger partial charge in [0.2, 0.25) is 0 Å². The van der Waals surface area contributed by atoms with Gasteiger partial charge in [0.05, 0.1) is 12.1 Å². The predicted molar refractivity (Wildman–Crippen MR) is 80.6 cm³/mol. The van der Waals surface area contributed by atoms with Crippen LogP contribution in [0.3, 0.4) is 0 Å². The third-order valence-corrected chi connectivity index (χ3v) is 4.13. The first-order chi connectivity index (χ1) is 10.5. The minimum atomic E-state index is -0.162. The number of nitrogens with one attached hydrogen (secondary N) is 2. The van der Waals surface area contributed by atoms with E-state index in [1.54, 1.807) is 12.0 Å². The fourth-order valence-corrected chi connectivity index (χ4v) is 3.04. The van der Waals surface area contributed by atoms with E-state index in [9.17, 15) is 4.79 Å². The summed E-state index contributed by atoms with van der Waals surface area (Å²) in [6, 6.07) is 1.81. The van der Waals surface area contributed by atoms with Gasteiger partial charge in [-0.25, -0.2) is 4.98 Å². The van der Waals surface area contributed by atoms with E-state index in [1.807, 2.05) is 26.8 Å². The molecule has 2 atom stereocenters. The molecule has 2 aromatic heterocycles. The van der Waals surface area contributed by atoms with E-state index in [0.717, 1.165) is 17.1 Å². The molecule has 1 amide bonds. The summed E-state index contributed by atoms with van der Waals surface area (Å²) in [6.07, 6.45) is 0.710. The van der Waals surface area contributed by atoms with Crippen LogP contribution in [0.25, 0.3) is 0 Å². The van der Waals surface area contributed by atoms with E-state index in [0.29, 0.717) is 24.5 Å². The number of nitrogens with zero attached hydrogens (tertiary/aromatic N) is 3. The molecule has 0 saturated carbocycles. The van der Waals surface area contributed by atoms with Crippen LogP contribution in [0.1, 0.15) is 45.9 Å². The summed E-state index contributed by atoms with van der Waals surface area (Å²) < 4.78 is 5.45. The van der Waals surface area contributed by atoms with Gasteiger partial charge in [0, 0.05) is 25.8 Å². The highest BCUT2D eigenvalue weighted by molar-refractivity contribution is 5.94. The molecule has 22 heavy (non-hydrogen) atoms. The first kappa shape index (κ1) is 14.8. The number of rotatable bonds is 3. The molecular weight excluding hydrogens is 282 g/mol. The van der Waals surface area contributed by atoms with E-state index in [2.05, 4.69) is 20.2 Å². The lowest BCUT2D eigenvalue weighted by Crippen LogP contribution is -2.33. The summed E-state index contributed by atoms with van der Waals surface area (Å²) in [5.74, 6) is 1.36. The Bertz CT molecular complexity index is 690. The zero-order valence-corrected chi connectivity index (χ0v) is 13.3. The average Bonchev–Trinajstić information content (AvgIpc) is 3.16. The molecule has 7 nitrogen and oxygen atoms in total. The van der Waals surface area contributed by atoms with Crippen molar-refractivity contribution in [2.24, 2.45) is 0 Å². The number of methoxy groups -OCH3 is 1. The molecule has 2 aromatic rings. The zero-order chi connectivity index (χ0) is 15.9. The molecule has 0 radical (unpaired) electrons. The number of carbonyl (C=O) groups excluding carboxylic acids is 1. The van der Waals surface area contributed by atoms with Crippen LogP contribution in [0.2, 0.25) is 0 Å². The molecule has 118 valence electrons. The summed E-state index contributed by atoms with van der Waals surface area (Å²) >= 11 is 0. The Morgan fingerprint density at radius 2 is 2.18 bits per heavy atom. The number of H-pyrrole nitrogens is 2. The van der Waals surface area contributed by atoms with Gasteiger partial charge < -0.3 is 14.6 Å². The molecule has 1 aliphatic rings. The lowest BCUT2D eigenvalue weighted by Gasteiger charge is -2.22. The van der Waals surface area contributed by atoms with Gasteiger partial charge in [-0.05, 0) is 32.4 Å².